The molecule has 4 rings (SSSR count). The van der Waals surface area contributed by atoms with Gasteiger partial charge in [-0.25, -0.2) is 4.39 Å². The summed E-state index contributed by atoms with van der Waals surface area (Å²) in [4.78, 5) is 28.1. The zero-order chi connectivity index (χ0) is 20.4. The van der Waals surface area contributed by atoms with Crippen LogP contribution in [-0.4, -0.2) is 48.1 Å². The highest BCUT2D eigenvalue weighted by atomic mass is 19.1. The Hall–Kier alpha value is -3.00. The lowest BCUT2D eigenvalue weighted by atomic mass is 10.1. The van der Waals surface area contributed by atoms with Crippen molar-refractivity contribution in [3.63, 3.8) is 0 Å². The van der Waals surface area contributed by atoms with E-state index < -0.39 is 4.92 Å². The molecule has 0 N–H and O–H groups in total. The molecule has 0 radical (unpaired) electrons. The maximum atomic E-state index is 13.5. The number of ether oxygens (including phenoxy) is 1. The van der Waals surface area contributed by atoms with E-state index in [1.165, 1.54) is 24.3 Å². The van der Waals surface area contributed by atoms with Gasteiger partial charge in [0.1, 0.15) is 5.82 Å². The highest BCUT2D eigenvalue weighted by molar-refractivity contribution is 6.01. The summed E-state index contributed by atoms with van der Waals surface area (Å²) in [5.41, 5.74) is 1.73. The number of benzene rings is 2. The predicted molar refractivity (Wildman–Crippen MR) is 105 cm³/mol. The number of nitro benzene ring substituents is 1. The fourth-order valence-electron chi connectivity index (χ4n) is 3.58. The molecule has 29 heavy (non-hydrogen) atoms. The Labute approximate surface area is 167 Å². The third kappa shape index (κ3) is 4.37. The van der Waals surface area contributed by atoms with Crippen molar-refractivity contribution in [2.45, 2.75) is 25.4 Å². The molecule has 1 amide bonds. The number of morpholine rings is 1. The molecule has 1 saturated heterocycles. The first-order valence-electron chi connectivity index (χ1n) is 9.69. The number of hydrogen-bond acceptors (Lipinski definition) is 5. The topological polar surface area (TPSA) is 75.9 Å². The minimum Gasteiger partial charge on any atom is -0.378 e. The Morgan fingerprint density at radius 2 is 1.86 bits per heavy atom. The minimum atomic E-state index is -0.485. The summed E-state index contributed by atoms with van der Waals surface area (Å²) in [6, 6.07) is 10.6. The molecule has 0 aromatic heterocycles. The number of halogens is 1. The number of nitrogens with zero attached hydrogens (tertiary/aromatic N) is 3. The lowest BCUT2D eigenvalue weighted by Gasteiger charge is -2.31. The first-order chi connectivity index (χ1) is 14.0. The van der Waals surface area contributed by atoms with E-state index in [1.807, 2.05) is 4.90 Å². The Bertz CT molecular complexity index is 909. The number of rotatable bonds is 6. The van der Waals surface area contributed by atoms with E-state index >= 15 is 0 Å². The molecule has 2 aromatic rings. The van der Waals surface area contributed by atoms with E-state index in [1.54, 1.807) is 23.1 Å². The zero-order valence-corrected chi connectivity index (χ0v) is 15.9. The van der Waals surface area contributed by atoms with Crippen molar-refractivity contribution in [1.82, 2.24) is 4.90 Å². The van der Waals surface area contributed by atoms with Crippen LogP contribution in [0.4, 0.5) is 15.8 Å². The second-order valence-corrected chi connectivity index (χ2v) is 7.35. The lowest BCUT2D eigenvalue weighted by molar-refractivity contribution is -0.384. The molecule has 2 aliphatic rings. The number of anilines is 1. The van der Waals surface area contributed by atoms with Gasteiger partial charge in [-0.3, -0.25) is 14.9 Å². The van der Waals surface area contributed by atoms with Crippen molar-refractivity contribution in [3.05, 3.63) is 69.5 Å². The smallest absolute Gasteiger partial charge is 0.270 e. The number of non-ortho nitro benzene ring substituents is 1. The molecule has 0 unspecified atom stereocenters. The highest BCUT2D eigenvalue weighted by Gasteiger charge is 2.35. The van der Waals surface area contributed by atoms with E-state index in [-0.39, 0.29) is 23.5 Å². The van der Waals surface area contributed by atoms with Crippen LogP contribution in [0.25, 0.3) is 0 Å². The molecular weight excluding hydrogens is 377 g/mol. The Kier molecular flexibility index (Phi) is 5.44. The van der Waals surface area contributed by atoms with E-state index in [9.17, 15) is 19.3 Å². The van der Waals surface area contributed by atoms with Crippen LogP contribution in [0.2, 0.25) is 0 Å². The molecule has 8 heteroatoms. The number of amides is 1. The monoisotopic (exact) mass is 399 g/mol. The number of carbonyl (C=O) groups is 1. The second-order valence-electron chi connectivity index (χ2n) is 7.35. The Morgan fingerprint density at radius 1 is 1.17 bits per heavy atom. The van der Waals surface area contributed by atoms with Gasteiger partial charge in [-0.1, -0.05) is 12.1 Å². The van der Waals surface area contributed by atoms with E-state index in [0.29, 0.717) is 44.1 Å². The SMILES string of the molecule is O=C(c1cc([N+](=O)[O-])ccc1N1CCOCC1)N(Cc1ccc(F)cc1)C1CC1. The summed E-state index contributed by atoms with van der Waals surface area (Å²) < 4.78 is 18.6. The van der Waals surface area contributed by atoms with Crippen LogP contribution in [0.15, 0.2) is 42.5 Å². The van der Waals surface area contributed by atoms with E-state index in [0.717, 1.165) is 18.4 Å². The normalized spacial score (nSPS) is 16.5. The summed E-state index contributed by atoms with van der Waals surface area (Å²) in [5, 5.41) is 11.3. The summed E-state index contributed by atoms with van der Waals surface area (Å²) in [5.74, 6) is -0.562. The number of carbonyl (C=O) groups excluding carboxylic acids is 1. The zero-order valence-electron chi connectivity index (χ0n) is 15.9. The molecule has 1 aliphatic carbocycles. The molecule has 1 aliphatic heterocycles. The van der Waals surface area contributed by atoms with Gasteiger partial charge in [0.15, 0.2) is 0 Å². The van der Waals surface area contributed by atoms with Crippen LogP contribution in [0.5, 0.6) is 0 Å². The Balaban J connectivity index is 1.67. The third-order valence-electron chi connectivity index (χ3n) is 5.29. The average Bonchev–Trinajstić information content (AvgIpc) is 3.58. The van der Waals surface area contributed by atoms with Crippen molar-refractivity contribution in [2.24, 2.45) is 0 Å². The van der Waals surface area contributed by atoms with Gasteiger partial charge in [0.05, 0.1) is 29.4 Å². The highest BCUT2D eigenvalue weighted by Crippen LogP contribution is 2.33. The van der Waals surface area contributed by atoms with Crippen molar-refractivity contribution in [1.29, 1.82) is 0 Å². The van der Waals surface area contributed by atoms with Crippen molar-refractivity contribution in [2.75, 3.05) is 31.2 Å². The van der Waals surface area contributed by atoms with Crippen molar-refractivity contribution >= 4 is 17.3 Å². The maximum Gasteiger partial charge on any atom is 0.270 e. The van der Waals surface area contributed by atoms with Gasteiger partial charge in [-0.2, -0.15) is 0 Å². The van der Waals surface area contributed by atoms with Gasteiger partial charge in [-0.15, -0.1) is 0 Å². The van der Waals surface area contributed by atoms with Crippen LogP contribution in [0.3, 0.4) is 0 Å². The molecule has 1 saturated carbocycles. The summed E-state index contributed by atoms with van der Waals surface area (Å²) in [6.07, 6.45) is 1.80. The quantitative estimate of drug-likeness (QED) is 0.550. The first kappa shape index (κ1) is 19.3. The molecule has 152 valence electrons. The third-order valence-corrected chi connectivity index (χ3v) is 5.29. The van der Waals surface area contributed by atoms with Crippen molar-refractivity contribution in [3.8, 4) is 0 Å². The van der Waals surface area contributed by atoms with Crippen LogP contribution in [-0.2, 0) is 11.3 Å². The summed E-state index contributed by atoms with van der Waals surface area (Å²) in [7, 11) is 0. The van der Waals surface area contributed by atoms with Crippen molar-refractivity contribution < 1.29 is 18.8 Å². The maximum absolute atomic E-state index is 13.5. The molecule has 7 nitrogen and oxygen atoms in total. The van der Waals surface area contributed by atoms with Crippen LogP contribution in [0.1, 0.15) is 28.8 Å². The second kappa shape index (κ2) is 8.16. The van der Waals surface area contributed by atoms with Crippen LogP contribution < -0.4 is 4.90 Å². The standard InChI is InChI=1S/C21H22FN3O4/c22-16-3-1-15(2-4-16)14-24(17-5-6-17)21(26)19-13-18(25(27)28)7-8-20(19)23-9-11-29-12-10-23/h1-4,7-8,13,17H,5-6,9-12,14H2. The predicted octanol–water partition coefficient (Wildman–Crippen LogP) is 3.38. The molecule has 1 heterocycles. The Morgan fingerprint density at radius 3 is 2.48 bits per heavy atom. The fraction of sp³-hybridized carbons (Fsp3) is 0.381. The largest absolute Gasteiger partial charge is 0.378 e. The molecule has 2 aromatic carbocycles. The van der Waals surface area contributed by atoms with Gasteiger partial charge < -0.3 is 14.5 Å². The average molecular weight is 399 g/mol. The number of hydrogen-bond donors (Lipinski definition) is 0. The van der Waals surface area contributed by atoms with Gasteiger partial charge in [0.2, 0.25) is 0 Å². The van der Waals surface area contributed by atoms with E-state index in [2.05, 4.69) is 0 Å². The number of nitro groups is 1. The molecule has 0 atom stereocenters. The van der Waals surface area contributed by atoms with Gasteiger partial charge in [0.25, 0.3) is 11.6 Å². The van der Waals surface area contributed by atoms with Gasteiger partial charge in [-0.05, 0) is 36.6 Å². The minimum absolute atomic E-state index is 0.101. The molecular formula is C21H22FN3O4. The fourth-order valence-corrected chi connectivity index (χ4v) is 3.58. The summed E-state index contributed by atoms with van der Waals surface area (Å²) in [6.45, 7) is 2.69. The van der Waals surface area contributed by atoms with Gasteiger partial charge in [0, 0.05) is 37.8 Å². The van der Waals surface area contributed by atoms with Crippen LogP contribution in [0, 0.1) is 15.9 Å². The molecule has 2 fully saturated rings. The summed E-state index contributed by atoms with van der Waals surface area (Å²) >= 11 is 0. The molecule has 0 bridgehead atoms. The van der Waals surface area contributed by atoms with E-state index in [4.69, 9.17) is 4.74 Å². The molecule has 0 spiro atoms. The lowest BCUT2D eigenvalue weighted by Crippen LogP contribution is -2.39. The van der Waals surface area contributed by atoms with Gasteiger partial charge >= 0.3 is 0 Å². The first-order valence-corrected chi connectivity index (χ1v) is 9.69. The van der Waals surface area contributed by atoms with Crippen LogP contribution >= 0.6 is 0 Å².